The van der Waals surface area contributed by atoms with E-state index in [1.54, 1.807) is 24.4 Å². The molecule has 1 fully saturated rings. The van der Waals surface area contributed by atoms with E-state index in [4.69, 9.17) is 4.74 Å². The summed E-state index contributed by atoms with van der Waals surface area (Å²) in [5, 5.41) is 0. The third-order valence-electron chi connectivity index (χ3n) is 4.05. The Morgan fingerprint density at radius 3 is 2.42 bits per heavy atom. The van der Waals surface area contributed by atoms with Crippen LogP contribution in [0.4, 0.5) is 0 Å². The summed E-state index contributed by atoms with van der Waals surface area (Å²) in [4.78, 5) is 15.9. The van der Waals surface area contributed by atoms with E-state index in [0.717, 1.165) is 31.6 Å². The molecule has 1 saturated carbocycles. The van der Waals surface area contributed by atoms with Gasteiger partial charge in [0.2, 0.25) is 0 Å². The summed E-state index contributed by atoms with van der Waals surface area (Å²) in [5.74, 6) is 0.442. The van der Waals surface area contributed by atoms with Crippen LogP contribution in [0, 0.1) is 11.3 Å². The van der Waals surface area contributed by atoms with Crippen molar-refractivity contribution in [3.05, 3.63) is 30.1 Å². The number of hydrogen-bond donors (Lipinski definition) is 0. The number of hydrogen-bond acceptors (Lipinski definition) is 3. The topological polar surface area (TPSA) is 39.2 Å². The van der Waals surface area contributed by atoms with Crippen molar-refractivity contribution >= 4 is 5.97 Å². The molecule has 0 unspecified atom stereocenters. The van der Waals surface area contributed by atoms with Gasteiger partial charge in [-0.3, -0.25) is 0 Å². The second kappa shape index (κ2) is 5.72. The van der Waals surface area contributed by atoms with Gasteiger partial charge in [-0.15, -0.1) is 0 Å². The Bertz CT molecular complexity index is 414. The molecule has 0 aliphatic heterocycles. The molecule has 1 aromatic heterocycles. The van der Waals surface area contributed by atoms with E-state index in [2.05, 4.69) is 25.8 Å². The van der Waals surface area contributed by atoms with Crippen LogP contribution in [0.2, 0.25) is 0 Å². The van der Waals surface area contributed by atoms with Crippen LogP contribution < -0.4 is 0 Å². The van der Waals surface area contributed by atoms with Gasteiger partial charge in [0.15, 0.2) is 0 Å². The van der Waals surface area contributed by atoms with Gasteiger partial charge >= 0.3 is 5.97 Å². The van der Waals surface area contributed by atoms with Crippen LogP contribution in [-0.4, -0.2) is 17.1 Å². The van der Waals surface area contributed by atoms with Crippen molar-refractivity contribution in [1.82, 2.24) is 4.98 Å². The minimum atomic E-state index is -0.292. The largest absolute Gasteiger partial charge is 0.458 e. The molecule has 0 radical (unpaired) electrons. The average molecular weight is 261 g/mol. The molecule has 1 heterocycles. The predicted octanol–water partition coefficient (Wildman–Crippen LogP) is 3.84. The standard InChI is InChI=1S/C16H23NO2/c1-16(2,3)12-7-9-13(10-8-12)19-15(18)14-6-4-5-11-17-14/h4-6,11-13H,7-10H2,1-3H3. The molecule has 3 heteroatoms. The van der Waals surface area contributed by atoms with Gasteiger partial charge in [0.05, 0.1) is 0 Å². The number of ether oxygens (including phenoxy) is 1. The Balaban J connectivity index is 1.85. The normalized spacial score (nSPS) is 23.9. The Morgan fingerprint density at radius 2 is 1.89 bits per heavy atom. The van der Waals surface area contributed by atoms with Crippen molar-refractivity contribution < 1.29 is 9.53 Å². The maximum Gasteiger partial charge on any atom is 0.357 e. The fourth-order valence-electron chi connectivity index (χ4n) is 2.74. The van der Waals surface area contributed by atoms with E-state index in [1.807, 2.05) is 0 Å². The van der Waals surface area contributed by atoms with Gasteiger partial charge in [0.1, 0.15) is 11.8 Å². The third kappa shape index (κ3) is 3.79. The second-order valence-corrected chi connectivity index (χ2v) is 6.46. The van der Waals surface area contributed by atoms with Crippen LogP contribution >= 0.6 is 0 Å². The monoisotopic (exact) mass is 261 g/mol. The Kier molecular flexibility index (Phi) is 4.23. The Labute approximate surface area is 115 Å². The highest BCUT2D eigenvalue weighted by Crippen LogP contribution is 2.38. The summed E-state index contributed by atoms with van der Waals surface area (Å²) in [6.45, 7) is 6.87. The maximum atomic E-state index is 11.9. The van der Waals surface area contributed by atoms with E-state index < -0.39 is 0 Å². The molecule has 0 atom stereocenters. The van der Waals surface area contributed by atoms with Crippen LogP contribution in [-0.2, 0) is 4.74 Å². The van der Waals surface area contributed by atoms with E-state index in [-0.39, 0.29) is 12.1 Å². The number of nitrogens with zero attached hydrogens (tertiary/aromatic N) is 1. The number of aromatic nitrogens is 1. The van der Waals surface area contributed by atoms with Crippen LogP contribution in [0.15, 0.2) is 24.4 Å². The molecule has 104 valence electrons. The predicted molar refractivity (Wildman–Crippen MR) is 74.9 cm³/mol. The molecule has 1 aliphatic rings. The van der Waals surface area contributed by atoms with Crippen LogP contribution in [0.5, 0.6) is 0 Å². The molecule has 0 bridgehead atoms. The van der Waals surface area contributed by atoms with E-state index in [0.29, 0.717) is 11.1 Å². The molecule has 0 saturated heterocycles. The number of pyridine rings is 1. The minimum Gasteiger partial charge on any atom is -0.458 e. The van der Waals surface area contributed by atoms with Crippen molar-refractivity contribution in [2.24, 2.45) is 11.3 Å². The highest BCUT2D eigenvalue weighted by atomic mass is 16.5. The van der Waals surface area contributed by atoms with Crippen LogP contribution in [0.3, 0.4) is 0 Å². The minimum absolute atomic E-state index is 0.0631. The van der Waals surface area contributed by atoms with Gasteiger partial charge in [0, 0.05) is 6.20 Å². The molecule has 1 aliphatic carbocycles. The molecule has 1 aromatic rings. The molecule has 3 nitrogen and oxygen atoms in total. The van der Waals surface area contributed by atoms with Gasteiger partial charge in [-0.25, -0.2) is 9.78 Å². The average Bonchev–Trinajstić information content (AvgIpc) is 2.39. The quantitative estimate of drug-likeness (QED) is 0.759. The van der Waals surface area contributed by atoms with E-state index >= 15 is 0 Å². The zero-order valence-corrected chi connectivity index (χ0v) is 12.1. The number of rotatable bonds is 2. The molecule has 19 heavy (non-hydrogen) atoms. The fourth-order valence-corrected chi connectivity index (χ4v) is 2.74. The molecular formula is C16H23NO2. The van der Waals surface area contributed by atoms with Gasteiger partial charge in [-0.2, -0.15) is 0 Å². The SMILES string of the molecule is CC(C)(C)C1CCC(OC(=O)c2ccccn2)CC1. The summed E-state index contributed by atoms with van der Waals surface area (Å²) in [6.07, 6.45) is 5.91. The smallest absolute Gasteiger partial charge is 0.357 e. The molecule has 0 N–H and O–H groups in total. The number of carbonyl (C=O) groups is 1. The van der Waals surface area contributed by atoms with E-state index in [1.165, 1.54) is 0 Å². The van der Waals surface area contributed by atoms with Gasteiger partial charge < -0.3 is 4.74 Å². The van der Waals surface area contributed by atoms with Gasteiger partial charge in [-0.05, 0) is 49.1 Å². The van der Waals surface area contributed by atoms with Crippen molar-refractivity contribution in [3.8, 4) is 0 Å². The first kappa shape index (κ1) is 14.0. The first-order chi connectivity index (χ1) is 8.97. The first-order valence-electron chi connectivity index (χ1n) is 7.09. The lowest BCUT2D eigenvalue weighted by atomic mass is 9.72. The lowest BCUT2D eigenvalue weighted by Crippen LogP contribution is -2.30. The summed E-state index contributed by atoms with van der Waals surface area (Å²) in [6, 6.07) is 5.30. The molecule has 0 aromatic carbocycles. The highest BCUT2D eigenvalue weighted by molar-refractivity contribution is 5.87. The molecular weight excluding hydrogens is 238 g/mol. The van der Waals surface area contributed by atoms with Crippen molar-refractivity contribution in [2.45, 2.75) is 52.6 Å². The van der Waals surface area contributed by atoms with Gasteiger partial charge in [0.25, 0.3) is 0 Å². The zero-order chi connectivity index (χ0) is 13.9. The molecule has 0 spiro atoms. The summed E-state index contributed by atoms with van der Waals surface area (Å²) >= 11 is 0. The second-order valence-electron chi connectivity index (χ2n) is 6.46. The van der Waals surface area contributed by atoms with Crippen LogP contribution in [0.1, 0.15) is 56.9 Å². The van der Waals surface area contributed by atoms with E-state index in [9.17, 15) is 4.79 Å². The zero-order valence-electron chi connectivity index (χ0n) is 12.1. The Hall–Kier alpha value is -1.38. The van der Waals surface area contributed by atoms with Crippen LogP contribution in [0.25, 0.3) is 0 Å². The number of carbonyl (C=O) groups excluding carboxylic acids is 1. The molecule has 2 rings (SSSR count). The lowest BCUT2D eigenvalue weighted by molar-refractivity contribution is 0.00871. The number of esters is 1. The highest BCUT2D eigenvalue weighted by Gasteiger charge is 2.31. The lowest BCUT2D eigenvalue weighted by Gasteiger charge is -2.36. The van der Waals surface area contributed by atoms with Gasteiger partial charge in [-0.1, -0.05) is 26.8 Å². The van der Waals surface area contributed by atoms with Crippen molar-refractivity contribution in [1.29, 1.82) is 0 Å². The fraction of sp³-hybridized carbons (Fsp3) is 0.625. The third-order valence-corrected chi connectivity index (χ3v) is 4.05. The van der Waals surface area contributed by atoms with Crippen molar-refractivity contribution in [3.63, 3.8) is 0 Å². The summed E-state index contributed by atoms with van der Waals surface area (Å²) in [5.41, 5.74) is 0.760. The summed E-state index contributed by atoms with van der Waals surface area (Å²) in [7, 11) is 0. The van der Waals surface area contributed by atoms with Crippen molar-refractivity contribution in [2.75, 3.05) is 0 Å². The Morgan fingerprint density at radius 1 is 1.21 bits per heavy atom. The summed E-state index contributed by atoms with van der Waals surface area (Å²) < 4.78 is 5.54. The first-order valence-corrected chi connectivity index (χ1v) is 7.09. The maximum absolute atomic E-state index is 11.9. The molecule has 0 amide bonds.